The fourth-order valence-electron chi connectivity index (χ4n) is 1.21. The van der Waals surface area contributed by atoms with Gasteiger partial charge < -0.3 is 5.32 Å². The number of nitrogens with zero attached hydrogens (tertiary/aromatic N) is 3. The molecule has 82 valence electrons. The number of aromatic nitrogens is 3. The lowest BCUT2D eigenvalue weighted by molar-refractivity contribution is 1.12. The third-order valence-electron chi connectivity index (χ3n) is 1.95. The largest absolute Gasteiger partial charge is 0.372 e. The van der Waals surface area contributed by atoms with Crippen LogP contribution in [0.3, 0.4) is 0 Å². The summed E-state index contributed by atoms with van der Waals surface area (Å²) in [6.45, 7) is 0. The topological polar surface area (TPSA) is 50.7 Å². The lowest BCUT2D eigenvalue weighted by atomic mass is 10.3. The van der Waals surface area contributed by atoms with Gasteiger partial charge in [0.05, 0.1) is 4.47 Å². The van der Waals surface area contributed by atoms with Gasteiger partial charge in [-0.15, -0.1) is 0 Å². The number of hydrogen-bond acceptors (Lipinski definition) is 4. The van der Waals surface area contributed by atoms with E-state index < -0.39 is 0 Å². The van der Waals surface area contributed by atoms with E-state index in [9.17, 15) is 0 Å². The average molecular weight is 344 g/mol. The van der Waals surface area contributed by atoms with Crippen LogP contribution in [-0.2, 0) is 0 Å². The molecule has 0 aromatic carbocycles. The summed E-state index contributed by atoms with van der Waals surface area (Å²) in [7, 11) is 1.81. The minimum Gasteiger partial charge on any atom is -0.372 e. The minimum atomic E-state index is 0.583. The van der Waals surface area contributed by atoms with Crippen LogP contribution in [0.2, 0.25) is 0 Å². The number of anilines is 1. The molecule has 1 N–H and O–H groups in total. The monoisotopic (exact) mass is 342 g/mol. The first-order valence-corrected chi connectivity index (χ1v) is 6.12. The molecular formula is C10H8Br2N4. The van der Waals surface area contributed by atoms with Crippen molar-refractivity contribution in [1.29, 1.82) is 0 Å². The van der Waals surface area contributed by atoms with E-state index in [0.717, 1.165) is 20.5 Å². The molecule has 0 radical (unpaired) electrons. The van der Waals surface area contributed by atoms with Gasteiger partial charge in [-0.2, -0.15) is 0 Å². The highest BCUT2D eigenvalue weighted by molar-refractivity contribution is 9.11. The maximum Gasteiger partial charge on any atom is 0.181 e. The molecule has 0 saturated carbocycles. The van der Waals surface area contributed by atoms with Gasteiger partial charge in [-0.3, -0.25) is 4.98 Å². The van der Waals surface area contributed by atoms with Crippen molar-refractivity contribution in [3.63, 3.8) is 0 Å². The van der Waals surface area contributed by atoms with Crippen LogP contribution in [0.4, 0.5) is 5.82 Å². The number of pyridine rings is 1. The van der Waals surface area contributed by atoms with Crippen LogP contribution in [0, 0.1) is 0 Å². The van der Waals surface area contributed by atoms with Crippen molar-refractivity contribution in [3.8, 4) is 11.5 Å². The second-order valence-electron chi connectivity index (χ2n) is 2.97. The van der Waals surface area contributed by atoms with Gasteiger partial charge in [-0.25, -0.2) is 9.97 Å². The molecule has 0 aliphatic carbocycles. The number of hydrogen-bond donors (Lipinski definition) is 1. The van der Waals surface area contributed by atoms with Crippen LogP contribution in [0.5, 0.6) is 0 Å². The summed E-state index contributed by atoms with van der Waals surface area (Å²) in [4.78, 5) is 12.8. The molecule has 16 heavy (non-hydrogen) atoms. The van der Waals surface area contributed by atoms with E-state index in [1.807, 2.05) is 19.2 Å². The van der Waals surface area contributed by atoms with Gasteiger partial charge in [0.25, 0.3) is 0 Å². The van der Waals surface area contributed by atoms with Crippen molar-refractivity contribution in [2.24, 2.45) is 0 Å². The highest BCUT2D eigenvalue weighted by Crippen LogP contribution is 2.26. The molecular weight excluding hydrogens is 336 g/mol. The van der Waals surface area contributed by atoms with Crippen LogP contribution < -0.4 is 5.32 Å². The highest BCUT2D eigenvalue weighted by atomic mass is 79.9. The molecule has 0 aliphatic rings. The van der Waals surface area contributed by atoms with E-state index in [1.165, 1.54) is 0 Å². The first-order valence-electron chi connectivity index (χ1n) is 4.53. The number of halogens is 2. The lowest BCUT2D eigenvalue weighted by Crippen LogP contribution is -1.99. The van der Waals surface area contributed by atoms with Gasteiger partial charge in [-0.1, -0.05) is 0 Å². The highest BCUT2D eigenvalue weighted by Gasteiger charge is 2.09. The lowest BCUT2D eigenvalue weighted by Gasteiger charge is -2.05. The van der Waals surface area contributed by atoms with Gasteiger partial charge in [0.15, 0.2) is 5.82 Å². The molecule has 2 rings (SSSR count). The summed E-state index contributed by atoms with van der Waals surface area (Å²) in [5.74, 6) is 1.32. The van der Waals surface area contributed by atoms with Crippen molar-refractivity contribution >= 4 is 37.7 Å². The number of rotatable bonds is 2. The van der Waals surface area contributed by atoms with E-state index in [1.54, 1.807) is 12.4 Å². The van der Waals surface area contributed by atoms with Crippen LogP contribution in [0.15, 0.2) is 33.5 Å². The van der Waals surface area contributed by atoms with Crippen molar-refractivity contribution in [2.45, 2.75) is 0 Å². The van der Waals surface area contributed by atoms with Crippen LogP contribution >= 0.6 is 31.9 Å². The molecule has 0 aliphatic heterocycles. The quantitative estimate of drug-likeness (QED) is 0.910. The Bertz CT molecular complexity index is 516. The minimum absolute atomic E-state index is 0.583. The molecule has 0 spiro atoms. The summed E-state index contributed by atoms with van der Waals surface area (Å²) < 4.78 is 1.70. The third kappa shape index (κ3) is 2.22. The molecule has 0 fully saturated rings. The Morgan fingerprint density at radius 1 is 1.19 bits per heavy atom. The fourth-order valence-corrected chi connectivity index (χ4v) is 2.03. The first-order chi connectivity index (χ1) is 7.72. The Hall–Kier alpha value is -1.01. The SMILES string of the molecule is CNc1nc(-c2ncccc2Br)ncc1Br. The van der Waals surface area contributed by atoms with Crippen molar-refractivity contribution < 1.29 is 0 Å². The Labute approximate surface area is 110 Å². The zero-order chi connectivity index (χ0) is 11.5. The van der Waals surface area contributed by atoms with Crippen LogP contribution in [-0.4, -0.2) is 22.0 Å². The summed E-state index contributed by atoms with van der Waals surface area (Å²) in [5.41, 5.74) is 0.728. The van der Waals surface area contributed by atoms with E-state index in [2.05, 4.69) is 52.1 Å². The van der Waals surface area contributed by atoms with Gasteiger partial charge in [0.1, 0.15) is 11.5 Å². The second-order valence-corrected chi connectivity index (χ2v) is 4.68. The molecule has 0 atom stereocenters. The normalized spacial score (nSPS) is 10.2. The van der Waals surface area contributed by atoms with Crippen molar-refractivity contribution in [1.82, 2.24) is 15.0 Å². The molecule has 2 heterocycles. The molecule has 4 nitrogen and oxygen atoms in total. The van der Waals surface area contributed by atoms with E-state index in [0.29, 0.717) is 5.82 Å². The van der Waals surface area contributed by atoms with E-state index in [-0.39, 0.29) is 0 Å². The molecule has 2 aromatic heterocycles. The van der Waals surface area contributed by atoms with E-state index in [4.69, 9.17) is 0 Å². The van der Waals surface area contributed by atoms with Crippen LogP contribution in [0.1, 0.15) is 0 Å². The summed E-state index contributed by atoms with van der Waals surface area (Å²) >= 11 is 6.79. The standard InChI is InChI=1S/C10H8Br2N4/c1-13-9-7(12)5-15-10(16-9)8-6(11)3-2-4-14-8/h2-5H,1H3,(H,13,15,16). The predicted octanol–water partition coefficient (Wildman–Crippen LogP) is 3.11. The zero-order valence-corrected chi connectivity index (χ0v) is 11.6. The summed E-state index contributed by atoms with van der Waals surface area (Å²) in [6.07, 6.45) is 3.42. The zero-order valence-electron chi connectivity index (χ0n) is 8.41. The number of nitrogens with one attached hydrogen (secondary N) is 1. The molecule has 2 aromatic rings. The molecule has 0 amide bonds. The Balaban J connectivity index is 2.53. The van der Waals surface area contributed by atoms with Gasteiger partial charge in [0.2, 0.25) is 0 Å². The molecule has 6 heteroatoms. The third-order valence-corrected chi connectivity index (χ3v) is 3.17. The van der Waals surface area contributed by atoms with Gasteiger partial charge in [-0.05, 0) is 44.0 Å². The summed E-state index contributed by atoms with van der Waals surface area (Å²) in [5, 5.41) is 2.98. The van der Waals surface area contributed by atoms with Gasteiger partial charge >= 0.3 is 0 Å². The van der Waals surface area contributed by atoms with Crippen molar-refractivity contribution in [2.75, 3.05) is 12.4 Å². The maximum absolute atomic E-state index is 4.36. The predicted molar refractivity (Wildman–Crippen MR) is 70.2 cm³/mol. The summed E-state index contributed by atoms with van der Waals surface area (Å²) in [6, 6.07) is 3.76. The molecule has 0 saturated heterocycles. The Kier molecular flexibility index (Phi) is 3.50. The van der Waals surface area contributed by atoms with Crippen LogP contribution in [0.25, 0.3) is 11.5 Å². The van der Waals surface area contributed by atoms with Gasteiger partial charge in [0, 0.05) is 23.9 Å². The van der Waals surface area contributed by atoms with Crippen molar-refractivity contribution in [3.05, 3.63) is 33.5 Å². The van der Waals surface area contributed by atoms with E-state index >= 15 is 0 Å². The Morgan fingerprint density at radius 2 is 2.00 bits per heavy atom. The molecule has 0 unspecified atom stereocenters. The first kappa shape index (κ1) is 11.5. The fraction of sp³-hybridized carbons (Fsp3) is 0.100. The smallest absolute Gasteiger partial charge is 0.181 e. The maximum atomic E-state index is 4.36. The average Bonchev–Trinajstić information content (AvgIpc) is 2.31. The Morgan fingerprint density at radius 3 is 2.69 bits per heavy atom. The molecule has 0 bridgehead atoms. The second kappa shape index (κ2) is 4.88.